The number of hydrogen-bond acceptors (Lipinski definition) is 3. The fraction of sp³-hybridized carbons (Fsp3) is 0.652. The number of carbonyl (C=O) groups excluding carboxylic acids is 2. The summed E-state index contributed by atoms with van der Waals surface area (Å²) in [5.41, 5.74) is 0.683. The lowest BCUT2D eigenvalue weighted by Gasteiger charge is -2.47. The van der Waals surface area contributed by atoms with E-state index in [1.54, 1.807) is 7.11 Å². The van der Waals surface area contributed by atoms with E-state index in [2.05, 4.69) is 4.90 Å². The van der Waals surface area contributed by atoms with Gasteiger partial charge in [0.15, 0.2) is 0 Å². The summed E-state index contributed by atoms with van der Waals surface area (Å²) in [5, 5.41) is 0. The molecule has 5 heteroatoms. The van der Waals surface area contributed by atoms with Crippen molar-refractivity contribution in [3.8, 4) is 5.75 Å². The van der Waals surface area contributed by atoms with Gasteiger partial charge in [0.1, 0.15) is 5.75 Å². The number of carbonyl (C=O) groups is 2. The van der Waals surface area contributed by atoms with Crippen LogP contribution in [0.1, 0.15) is 61.7 Å². The molecule has 152 valence electrons. The van der Waals surface area contributed by atoms with Gasteiger partial charge in [-0.2, -0.15) is 0 Å². The van der Waals surface area contributed by atoms with Crippen molar-refractivity contribution in [3.05, 3.63) is 29.8 Å². The highest BCUT2D eigenvalue weighted by Gasteiger charge is 2.39. The lowest BCUT2D eigenvalue weighted by molar-refractivity contribution is -0.139. The third-order valence-electron chi connectivity index (χ3n) is 6.93. The standard InChI is InChI=1S/C23H32N2O3/c1-28-20-10-4-8-18(15-20)23(27)24-13-11-21-19(16-24)9-5-12-25(21)22(26)14-17-6-2-3-7-17/h4,8,10,15,17,19,21H,2-3,5-7,9,11-14,16H2,1H3/t19-,21-/m1/s1. The van der Waals surface area contributed by atoms with Gasteiger partial charge in [-0.15, -0.1) is 0 Å². The average molecular weight is 385 g/mol. The zero-order valence-corrected chi connectivity index (χ0v) is 16.9. The minimum atomic E-state index is 0.0757. The number of nitrogens with zero attached hydrogens (tertiary/aromatic N) is 2. The van der Waals surface area contributed by atoms with Crippen LogP contribution in [0.2, 0.25) is 0 Å². The monoisotopic (exact) mass is 384 g/mol. The predicted octanol–water partition coefficient (Wildman–Crippen LogP) is 3.73. The van der Waals surface area contributed by atoms with Crippen LogP contribution in [0.5, 0.6) is 5.75 Å². The van der Waals surface area contributed by atoms with Gasteiger partial charge in [0, 0.05) is 37.7 Å². The number of fused-ring (bicyclic) bond motifs is 1. The quantitative estimate of drug-likeness (QED) is 0.795. The molecule has 1 saturated carbocycles. The molecule has 3 fully saturated rings. The Labute approximate surface area is 168 Å². The van der Waals surface area contributed by atoms with Crippen LogP contribution < -0.4 is 4.74 Å². The maximum absolute atomic E-state index is 13.0. The van der Waals surface area contributed by atoms with Crippen LogP contribution in [0.25, 0.3) is 0 Å². The second-order valence-electron chi connectivity index (χ2n) is 8.68. The molecular formula is C23H32N2O3. The molecule has 1 aromatic rings. The molecular weight excluding hydrogens is 352 g/mol. The minimum Gasteiger partial charge on any atom is -0.497 e. The number of amides is 2. The highest BCUT2D eigenvalue weighted by atomic mass is 16.5. The van der Waals surface area contributed by atoms with Gasteiger partial charge in [0.05, 0.1) is 7.11 Å². The third-order valence-corrected chi connectivity index (χ3v) is 6.93. The number of rotatable bonds is 4. The van der Waals surface area contributed by atoms with E-state index in [0.717, 1.165) is 45.3 Å². The van der Waals surface area contributed by atoms with E-state index in [1.165, 1.54) is 25.7 Å². The Morgan fingerprint density at radius 1 is 1.07 bits per heavy atom. The van der Waals surface area contributed by atoms with E-state index in [4.69, 9.17) is 4.74 Å². The molecule has 28 heavy (non-hydrogen) atoms. The molecule has 2 heterocycles. The molecule has 4 rings (SSSR count). The summed E-state index contributed by atoms with van der Waals surface area (Å²) < 4.78 is 5.26. The first-order chi connectivity index (χ1) is 13.7. The number of benzene rings is 1. The predicted molar refractivity (Wildman–Crippen MR) is 108 cm³/mol. The zero-order chi connectivity index (χ0) is 19.5. The van der Waals surface area contributed by atoms with Crippen LogP contribution in [0, 0.1) is 11.8 Å². The van der Waals surface area contributed by atoms with Gasteiger partial charge < -0.3 is 14.5 Å². The van der Waals surface area contributed by atoms with Gasteiger partial charge >= 0.3 is 0 Å². The zero-order valence-electron chi connectivity index (χ0n) is 16.9. The Bertz CT molecular complexity index is 714. The molecule has 0 radical (unpaired) electrons. The van der Waals surface area contributed by atoms with Gasteiger partial charge in [-0.05, 0) is 62.1 Å². The van der Waals surface area contributed by atoms with Gasteiger partial charge in [-0.3, -0.25) is 9.59 Å². The minimum absolute atomic E-state index is 0.0757. The Morgan fingerprint density at radius 2 is 1.89 bits per heavy atom. The topological polar surface area (TPSA) is 49.9 Å². The second kappa shape index (κ2) is 8.54. The van der Waals surface area contributed by atoms with Gasteiger partial charge in [0.2, 0.25) is 5.91 Å². The largest absolute Gasteiger partial charge is 0.497 e. The molecule has 1 aromatic carbocycles. The summed E-state index contributed by atoms with van der Waals surface area (Å²) in [6.45, 7) is 2.38. The summed E-state index contributed by atoms with van der Waals surface area (Å²) in [6, 6.07) is 7.71. The molecule has 3 aliphatic rings. The fourth-order valence-corrected chi connectivity index (χ4v) is 5.41. The molecule has 0 spiro atoms. The third kappa shape index (κ3) is 4.03. The van der Waals surface area contributed by atoms with Gasteiger partial charge in [-0.1, -0.05) is 18.9 Å². The molecule has 2 saturated heterocycles. The van der Waals surface area contributed by atoms with Crippen LogP contribution >= 0.6 is 0 Å². The first kappa shape index (κ1) is 19.3. The molecule has 0 bridgehead atoms. The first-order valence-corrected chi connectivity index (χ1v) is 10.9. The van der Waals surface area contributed by atoms with Crippen molar-refractivity contribution in [1.82, 2.24) is 9.80 Å². The van der Waals surface area contributed by atoms with Gasteiger partial charge in [0.25, 0.3) is 5.91 Å². The highest BCUT2D eigenvalue weighted by molar-refractivity contribution is 5.94. The summed E-state index contributed by atoms with van der Waals surface area (Å²) >= 11 is 0. The molecule has 1 aliphatic carbocycles. The molecule has 0 unspecified atom stereocenters. The fourth-order valence-electron chi connectivity index (χ4n) is 5.41. The van der Waals surface area contributed by atoms with E-state index in [0.29, 0.717) is 35.1 Å². The summed E-state index contributed by atoms with van der Waals surface area (Å²) in [5.74, 6) is 2.15. The Balaban J connectivity index is 1.39. The smallest absolute Gasteiger partial charge is 0.253 e. The second-order valence-corrected chi connectivity index (χ2v) is 8.68. The van der Waals surface area contributed by atoms with Crippen molar-refractivity contribution in [2.45, 2.75) is 57.4 Å². The van der Waals surface area contributed by atoms with Crippen molar-refractivity contribution in [3.63, 3.8) is 0 Å². The lowest BCUT2D eigenvalue weighted by Crippen LogP contribution is -2.56. The van der Waals surface area contributed by atoms with E-state index < -0.39 is 0 Å². The number of likely N-dealkylation sites (tertiary alicyclic amines) is 2. The highest BCUT2D eigenvalue weighted by Crippen LogP contribution is 2.34. The van der Waals surface area contributed by atoms with Gasteiger partial charge in [-0.25, -0.2) is 0 Å². The van der Waals surface area contributed by atoms with Crippen LogP contribution in [0.3, 0.4) is 0 Å². The molecule has 0 aromatic heterocycles. The van der Waals surface area contributed by atoms with Crippen molar-refractivity contribution < 1.29 is 14.3 Å². The van der Waals surface area contributed by atoms with E-state index in [-0.39, 0.29) is 5.91 Å². The number of methoxy groups -OCH3 is 1. The normalized spacial score (nSPS) is 25.5. The van der Waals surface area contributed by atoms with E-state index in [9.17, 15) is 9.59 Å². The maximum atomic E-state index is 13.0. The Hall–Kier alpha value is -2.04. The van der Waals surface area contributed by atoms with E-state index in [1.807, 2.05) is 29.2 Å². The van der Waals surface area contributed by atoms with Crippen LogP contribution in [0.4, 0.5) is 0 Å². The van der Waals surface area contributed by atoms with Crippen LogP contribution in [0.15, 0.2) is 24.3 Å². The van der Waals surface area contributed by atoms with Crippen molar-refractivity contribution in [2.75, 3.05) is 26.7 Å². The summed E-state index contributed by atoms with van der Waals surface area (Å²) in [6.07, 6.45) is 8.80. The summed E-state index contributed by atoms with van der Waals surface area (Å²) in [7, 11) is 1.62. The molecule has 2 aliphatic heterocycles. The van der Waals surface area contributed by atoms with Crippen molar-refractivity contribution in [2.24, 2.45) is 11.8 Å². The SMILES string of the molecule is COc1cccc(C(=O)N2CC[C@@H]3[C@H](CCCN3C(=O)CC3CCCC3)C2)c1. The number of ether oxygens (including phenoxy) is 1. The molecule has 2 amide bonds. The van der Waals surface area contributed by atoms with Crippen molar-refractivity contribution >= 4 is 11.8 Å². The average Bonchev–Trinajstić information content (AvgIpc) is 3.25. The Morgan fingerprint density at radius 3 is 2.68 bits per heavy atom. The number of hydrogen-bond donors (Lipinski definition) is 0. The lowest BCUT2D eigenvalue weighted by atomic mass is 9.83. The molecule has 0 N–H and O–H groups in total. The first-order valence-electron chi connectivity index (χ1n) is 10.9. The number of piperidine rings is 2. The maximum Gasteiger partial charge on any atom is 0.253 e. The summed E-state index contributed by atoms with van der Waals surface area (Å²) in [4.78, 5) is 30.1. The molecule has 5 nitrogen and oxygen atoms in total. The van der Waals surface area contributed by atoms with Crippen LogP contribution in [-0.4, -0.2) is 54.4 Å². The van der Waals surface area contributed by atoms with E-state index >= 15 is 0 Å². The van der Waals surface area contributed by atoms with Crippen molar-refractivity contribution in [1.29, 1.82) is 0 Å². The van der Waals surface area contributed by atoms with Crippen LogP contribution in [-0.2, 0) is 4.79 Å². The Kier molecular flexibility index (Phi) is 5.88. The molecule has 2 atom stereocenters.